The Morgan fingerprint density at radius 2 is 1.20 bits per heavy atom. The van der Waals surface area contributed by atoms with Crippen molar-refractivity contribution >= 4 is 24.1 Å². The molecular formula is C30H36ClF9NO4P. The van der Waals surface area contributed by atoms with Gasteiger partial charge in [0.1, 0.15) is 11.8 Å². The zero-order chi connectivity index (χ0) is 34.5. The lowest BCUT2D eigenvalue weighted by atomic mass is 9.97. The van der Waals surface area contributed by atoms with Crippen molar-refractivity contribution in [2.24, 2.45) is 0 Å². The molecule has 2 atom stereocenters. The van der Waals surface area contributed by atoms with Crippen LogP contribution in [0.2, 0.25) is 0 Å². The lowest BCUT2D eigenvalue weighted by Crippen LogP contribution is -2.60. The molecule has 2 aromatic rings. The highest BCUT2D eigenvalue weighted by atomic mass is 35.7. The molecule has 1 unspecified atom stereocenters. The number of halogens is 10. The summed E-state index contributed by atoms with van der Waals surface area (Å²) in [7, 11) is 0. The second-order valence-electron chi connectivity index (χ2n) is 10.7. The summed E-state index contributed by atoms with van der Waals surface area (Å²) >= 11 is 6.10. The fourth-order valence-electron chi connectivity index (χ4n) is 4.39. The molecule has 0 bridgehead atoms. The van der Waals surface area contributed by atoms with Crippen molar-refractivity contribution in [2.45, 2.75) is 101 Å². The third-order valence-electron chi connectivity index (χ3n) is 6.93. The van der Waals surface area contributed by atoms with Gasteiger partial charge in [-0.05, 0) is 37.0 Å². The second-order valence-corrected chi connectivity index (χ2v) is 13.4. The van der Waals surface area contributed by atoms with E-state index in [1.807, 2.05) is 0 Å². The van der Waals surface area contributed by atoms with Gasteiger partial charge in [0.05, 0.1) is 6.61 Å². The van der Waals surface area contributed by atoms with Crippen LogP contribution in [0, 0.1) is 0 Å². The standard InChI is InChI=1S/C30H36ClF9NO4P/c31-46(43,45-24-18-12-9-13-19-24)41-25(22-23-16-10-8-11-17-23)26(42)44-21-15-7-5-3-1-2-4-6-14-20-27(32,33)28(34,35)29(36,37)30(38,39)40/h8-13,16-19,25H,1-7,14-15,20-22H2,(H,41,43)/t25-,46?/m0/s1. The lowest BCUT2D eigenvalue weighted by molar-refractivity contribution is -0.396. The highest BCUT2D eigenvalue weighted by Gasteiger charge is 2.81. The molecule has 0 heterocycles. The molecule has 46 heavy (non-hydrogen) atoms. The molecule has 0 fully saturated rings. The van der Waals surface area contributed by atoms with E-state index in [1.54, 1.807) is 60.7 Å². The molecule has 2 rings (SSSR count). The number of hydrogen-bond donors (Lipinski definition) is 1. The van der Waals surface area contributed by atoms with Crippen molar-refractivity contribution in [3.05, 3.63) is 66.2 Å². The molecular weight excluding hydrogens is 676 g/mol. The maximum absolute atomic E-state index is 13.6. The minimum atomic E-state index is -6.85. The number of ether oxygens (including phenoxy) is 1. The van der Waals surface area contributed by atoms with Gasteiger partial charge < -0.3 is 9.26 Å². The van der Waals surface area contributed by atoms with E-state index in [1.165, 1.54) is 0 Å². The number of hydrogen-bond acceptors (Lipinski definition) is 4. The largest absolute Gasteiger partial charge is 0.465 e. The Morgan fingerprint density at radius 3 is 1.72 bits per heavy atom. The van der Waals surface area contributed by atoms with Crippen LogP contribution in [0.5, 0.6) is 5.75 Å². The number of alkyl halides is 9. The molecule has 0 radical (unpaired) electrons. The maximum atomic E-state index is 13.6. The average molecular weight is 712 g/mol. The topological polar surface area (TPSA) is 64.6 Å². The van der Waals surface area contributed by atoms with E-state index in [9.17, 15) is 48.9 Å². The first-order chi connectivity index (χ1) is 21.4. The number of unbranched alkanes of at least 4 members (excludes halogenated alkanes) is 8. The third kappa shape index (κ3) is 12.3. The van der Waals surface area contributed by atoms with Crippen molar-refractivity contribution in [1.29, 1.82) is 0 Å². The summed E-state index contributed by atoms with van der Waals surface area (Å²) < 4.78 is 140. The van der Waals surface area contributed by atoms with E-state index < -0.39 is 55.7 Å². The maximum Gasteiger partial charge on any atom is 0.460 e. The van der Waals surface area contributed by atoms with Gasteiger partial charge in [0.15, 0.2) is 0 Å². The number of benzene rings is 2. The molecule has 1 N–H and O–H groups in total. The van der Waals surface area contributed by atoms with E-state index in [-0.39, 0.29) is 25.2 Å². The van der Waals surface area contributed by atoms with Crippen molar-refractivity contribution in [3.63, 3.8) is 0 Å². The first kappa shape index (κ1) is 39.7. The van der Waals surface area contributed by atoms with Crippen LogP contribution in [0.4, 0.5) is 39.5 Å². The zero-order valence-electron chi connectivity index (χ0n) is 24.7. The minimum absolute atomic E-state index is 0.0387. The van der Waals surface area contributed by atoms with Crippen LogP contribution in [0.3, 0.4) is 0 Å². The molecule has 0 aliphatic carbocycles. The number of carbonyl (C=O) groups is 1. The van der Waals surface area contributed by atoms with Gasteiger partial charge in [-0.15, -0.1) is 0 Å². The van der Waals surface area contributed by atoms with Crippen LogP contribution in [-0.2, 0) is 20.5 Å². The summed E-state index contributed by atoms with van der Waals surface area (Å²) in [5, 5.41) is 2.57. The van der Waals surface area contributed by atoms with Crippen molar-refractivity contribution in [1.82, 2.24) is 5.09 Å². The normalized spacial score (nSPS) is 14.8. The van der Waals surface area contributed by atoms with E-state index in [2.05, 4.69) is 5.09 Å². The predicted molar refractivity (Wildman–Crippen MR) is 156 cm³/mol. The summed E-state index contributed by atoms with van der Waals surface area (Å²) in [6, 6.07) is 16.1. The van der Waals surface area contributed by atoms with Crippen LogP contribution in [0.25, 0.3) is 0 Å². The Labute approximate surface area is 266 Å². The van der Waals surface area contributed by atoms with Crippen LogP contribution < -0.4 is 9.61 Å². The molecule has 0 aliphatic heterocycles. The fourth-order valence-corrected chi connectivity index (χ4v) is 5.99. The molecule has 0 spiro atoms. The van der Waals surface area contributed by atoms with Gasteiger partial charge >= 0.3 is 36.8 Å². The Kier molecular flexibility index (Phi) is 15.2. The molecule has 260 valence electrons. The highest BCUT2D eigenvalue weighted by molar-refractivity contribution is 7.84. The number of esters is 1. The number of nitrogens with one attached hydrogen (secondary N) is 1. The van der Waals surface area contributed by atoms with Crippen LogP contribution >= 0.6 is 18.1 Å². The number of para-hydroxylation sites is 1. The van der Waals surface area contributed by atoms with Crippen molar-refractivity contribution < 1.29 is 58.1 Å². The minimum Gasteiger partial charge on any atom is -0.465 e. The van der Waals surface area contributed by atoms with Gasteiger partial charge in [-0.1, -0.05) is 93.5 Å². The van der Waals surface area contributed by atoms with Gasteiger partial charge in [-0.25, -0.2) is 9.65 Å². The van der Waals surface area contributed by atoms with Gasteiger partial charge in [-0.3, -0.25) is 4.79 Å². The Balaban J connectivity index is 1.67. The Morgan fingerprint density at radius 1 is 0.717 bits per heavy atom. The van der Waals surface area contributed by atoms with Crippen LogP contribution in [-0.4, -0.2) is 42.6 Å². The summed E-state index contributed by atoms with van der Waals surface area (Å²) in [4.78, 5) is 12.9. The van der Waals surface area contributed by atoms with Gasteiger partial charge in [0, 0.05) is 17.7 Å². The monoisotopic (exact) mass is 711 g/mol. The van der Waals surface area contributed by atoms with E-state index in [0.717, 1.165) is 12.0 Å². The third-order valence-corrected chi connectivity index (χ3v) is 8.50. The first-order valence-electron chi connectivity index (χ1n) is 14.6. The van der Waals surface area contributed by atoms with E-state index in [4.69, 9.17) is 20.5 Å². The van der Waals surface area contributed by atoms with E-state index >= 15 is 0 Å². The predicted octanol–water partition coefficient (Wildman–Crippen LogP) is 10.5. The van der Waals surface area contributed by atoms with Crippen LogP contribution in [0.1, 0.15) is 69.8 Å². The molecule has 0 aliphatic rings. The lowest BCUT2D eigenvalue weighted by Gasteiger charge is -2.33. The quantitative estimate of drug-likeness (QED) is 0.0604. The summed E-state index contributed by atoms with van der Waals surface area (Å²) in [5.74, 6) is -19.4. The average Bonchev–Trinajstić information content (AvgIpc) is 2.97. The highest BCUT2D eigenvalue weighted by Crippen LogP contribution is 2.54. The molecule has 0 saturated carbocycles. The van der Waals surface area contributed by atoms with Gasteiger partial charge in [0.2, 0.25) is 0 Å². The first-order valence-corrected chi connectivity index (χ1v) is 17.2. The zero-order valence-corrected chi connectivity index (χ0v) is 26.3. The number of carbonyl (C=O) groups excluding carboxylic acids is 1. The van der Waals surface area contributed by atoms with Crippen molar-refractivity contribution in [3.8, 4) is 5.75 Å². The Hall–Kier alpha value is -2.44. The molecule has 0 amide bonds. The van der Waals surface area contributed by atoms with Gasteiger partial charge in [-0.2, -0.15) is 39.5 Å². The van der Waals surface area contributed by atoms with E-state index in [0.29, 0.717) is 38.5 Å². The molecule has 0 saturated heterocycles. The van der Waals surface area contributed by atoms with Crippen LogP contribution in [0.15, 0.2) is 60.7 Å². The molecule has 2 aromatic carbocycles. The Bertz CT molecular complexity index is 1240. The smallest absolute Gasteiger partial charge is 0.460 e. The summed E-state index contributed by atoms with van der Waals surface area (Å²) in [6.45, 7) is -3.90. The molecule has 0 aromatic heterocycles. The summed E-state index contributed by atoms with van der Waals surface area (Å²) in [6.07, 6.45) is -5.06. The number of rotatable bonds is 21. The molecule has 5 nitrogen and oxygen atoms in total. The van der Waals surface area contributed by atoms with Gasteiger partial charge in [0.25, 0.3) is 0 Å². The second kappa shape index (κ2) is 17.6. The SMILES string of the molecule is O=C(OCCCCCCCCCCCC(F)(F)C(F)(F)C(F)(F)C(F)(F)F)[C@H](Cc1ccccc1)NP(=O)(Cl)Oc1ccccc1. The fraction of sp³-hybridized carbons (Fsp3) is 0.567. The molecule has 16 heteroatoms. The van der Waals surface area contributed by atoms with Crippen molar-refractivity contribution in [2.75, 3.05) is 6.61 Å². The summed E-state index contributed by atoms with van der Waals surface area (Å²) in [5.41, 5.74) is 0.767.